The number of aromatic amines is 1. The van der Waals surface area contributed by atoms with Crippen molar-refractivity contribution in [1.82, 2.24) is 15.1 Å². The molecule has 1 aromatic heterocycles. The molecule has 1 N–H and O–H groups in total. The first kappa shape index (κ1) is 19.4. The number of likely N-dealkylation sites (tertiary alicyclic amines) is 1. The minimum absolute atomic E-state index is 0.0342. The monoisotopic (exact) mass is 409 g/mol. The maximum Gasteiger partial charge on any atom is 0.416 e. The molecule has 1 aliphatic rings. The number of alkyl halides is 3. The quantitative estimate of drug-likeness (QED) is 0.614. The summed E-state index contributed by atoms with van der Waals surface area (Å²) in [7, 11) is 0. The third-order valence-electron chi connectivity index (χ3n) is 5.29. The molecule has 2 heterocycles. The summed E-state index contributed by atoms with van der Waals surface area (Å²) < 4.78 is 66.7. The number of piperidine rings is 1. The molecule has 2 aromatic carbocycles. The van der Waals surface area contributed by atoms with Gasteiger partial charge in [0.1, 0.15) is 0 Å². The van der Waals surface area contributed by atoms with E-state index in [2.05, 4.69) is 10.2 Å². The fourth-order valence-corrected chi connectivity index (χ4v) is 3.83. The van der Waals surface area contributed by atoms with Crippen LogP contribution in [0, 0.1) is 11.6 Å². The minimum Gasteiger partial charge on any atom is -0.337 e. The minimum atomic E-state index is -4.43. The van der Waals surface area contributed by atoms with Crippen LogP contribution in [-0.4, -0.2) is 34.1 Å². The lowest BCUT2D eigenvalue weighted by Gasteiger charge is -2.33. The Kier molecular flexibility index (Phi) is 4.76. The second-order valence-electron chi connectivity index (χ2n) is 7.04. The molecule has 3 aromatic rings. The van der Waals surface area contributed by atoms with Crippen molar-refractivity contribution in [3.8, 4) is 0 Å². The fourth-order valence-electron chi connectivity index (χ4n) is 3.83. The number of amides is 1. The molecule has 0 unspecified atom stereocenters. The third-order valence-corrected chi connectivity index (χ3v) is 5.29. The van der Waals surface area contributed by atoms with Crippen LogP contribution < -0.4 is 0 Å². The maximum atomic E-state index is 13.6. The number of carbonyl (C=O) groups is 1. The third kappa shape index (κ3) is 3.56. The number of aromatic nitrogens is 2. The summed E-state index contributed by atoms with van der Waals surface area (Å²) in [6.45, 7) is 0.488. The van der Waals surface area contributed by atoms with Gasteiger partial charge in [-0.1, -0.05) is 18.2 Å². The summed E-state index contributed by atoms with van der Waals surface area (Å²) >= 11 is 0. The first-order chi connectivity index (χ1) is 13.8. The van der Waals surface area contributed by atoms with Gasteiger partial charge in [-0.15, -0.1) is 0 Å². The summed E-state index contributed by atoms with van der Waals surface area (Å²) in [5, 5.41) is 6.55. The van der Waals surface area contributed by atoms with E-state index in [4.69, 9.17) is 0 Å². The number of rotatable bonds is 2. The predicted molar refractivity (Wildman–Crippen MR) is 95.3 cm³/mol. The Bertz CT molecular complexity index is 1070. The zero-order valence-electron chi connectivity index (χ0n) is 15.1. The lowest BCUT2D eigenvalue weighted by molar-refractivity contribution is -0.138. The molecule has 9 heteroatoms. The molecule has 4 nitrogen and oxygen atoms in total. The molecular formula is C20H16F5N3O. The summed E-state index contributed by atoms with van der Waals surface area (Å²) in [4.78, 5) is 14.3. The summed E-state index contributed by atoms with van der Waals surface area (Å²) in [5.74, 6) is -2.93. The van der Waals surface area contributed by atoms with Gasteiger partial charge in [-0.05, 0) is 36.5 Å². The number of nitrogens with zero attached hydrogens (tertiary/aromatic N) is 2. The lowest BCUT2D eigenvalue weighted by Crippen LogP contribution is -2.38. The Labute approximate surface area is 162 Å². The van der Waals surface area contributed by atoms with Crippen molar-refractivity contribution in [2.45, 2.75) is 24.9 Å². The molecule has 152 valence electrons. The Morgan fingerprint density at radius 3 is 2.41 bits per heavy atom. The van der Waals surface area contributed by atoms with Crippen molar-refractivity contribution in [3.63, 3.8) is 0 Å². The molecule has 0 saturated carbocycles. The summed E-state index contributed by atoms with van der Waals surface area (Å²) in [6.07, 6.45) is -3.70. The van der Waals surface area contributed by atoms with Crippen LogP contribution in [0.5, 0.6) is 0 Å². The van der Waals surface area contributed by atoms with Gasteiger partial charge in [-0.2, -0.15) is 18.3 Å². The largest absolute Gasteiger partial charge is 0.416 e. The van der Waals surface area contributed by atoms with Crippen LogP contribution >= 0.6 is 0 Å². The Hall–Kier alpha value is -2.97. The number of H-pyrrole nitrogens is 1. The number of carbonyl (C=O) groups excluding carboxylic acids is 1. The van der Waals surface area contributed by atoms with Crippen molar-refractivity contribution >= 4 is 16.8 Å². The highest BCUT2D eigenvalue weighted by Crippen LogP contribution is 2.38. The van der Waals surface area contributed by atoms with E-state index in [-0.39, 0.29) is 41.2 Å². The zero-order chi connectivity index (χ0) is 20.8. The molecular weight excluding hydrogens is 393 g/mol. The van der Waals surface area contributed by atoms with E-state index in [1.807, 2.05) is 0 Å². The van der Waals surface area contributed by atoms with Crippen molar-refractivity contribution in [2.75, 3.05) is 13.1 Å². The molecule has 0 radical (unpaired) electrons. The predicted octanol–water partition coefficient (Wildman–Crippen LogP) is 4.88. The molecule has 1 saturated heterocycles. The SMILES string of the molecule is O=C(c1n[nH]c2cc(F)c(F)cc12)N1CCC(c2ccccc2C(F)(F)F)CC1. The number of nitrogens with one attached hydrogen (secondary N) is 1. The highest BCUT2D eigenvalue weighted by Gasteiger charge is 2.36. The molecule has 0 spiro atoms. The van der Waals surface area contributed by atoms with Gasteiger partial charge >= 0.3 is 6.18 Å². The highest BCUT2D eigenvalue weighted by molar-refractivity contribution is 6.04. The molecule has 1 aliphatic heterocycles. The van der Waals surface area contributed by atoms with E-state index in [0.717, 1.165) is 18.2 Å². The Morgan fingerprint density at radius 2 is 1.72 bits per heavy atom. The van der Waals surface area contributed by atoms with E-state index in [1.165, 1.54) is 17.0 Å². The first-order valence-electron chi connectivity index (χ1n) is 9.04. The van der Waals surface area contributed by atoms with Gasteiger partial charge in [0.2, 0.25) is 0 Å². The lowest BCUT2D eigenvalue weighted by atomic mass is 9.86. The van der Waals surface area contributed by atoms with Gasteiger partial charge in [-0.3, -0.25) is 9.89 Å². The second-order valence-corrected chi connectivity index (χ2v) is 7.04. The summed E-state index contributed by atoms with van der Waals surface area (Å²) in [6, 6.07) is 7.31. The number of halogens is 5. The van der Waals surface area contributed by atoms with Crippen LogP contribution in [0.2, 0.25) is 0 Å². The first-order valence-corrected chi connectivity index (χ1v) is 9.04. The van der Waals surface area contributed by atoms with Crippen LogP contribution in [0.4, 0.5) is 22.0 Å². The molecule has 29 heavy (non-hydrogen) atoms. The van der Waals surface area contributed by atoms with E-state index in [9.17, 15) is 26.7 Å². The van der Waals surface area contributed by atoms with Gasteiger partial charge in [-0.25, -0.2) is 8.78 Å². The molecule has 0 atom stereocenters. The highest BCUT2D eigenvalue weighted by atomic mass is 19.4. The number of hydrogen-bond acceptors (Lipinski definition) is 2. The summed E-state index contributed by atoms with van der Waals surface area (Å²) in [5.41, 5.74) is -0.260. The van der Waals surface area contributed by atoms with Gasteiger partial charge < -0.3 is 4.90 Å². The second kappa shape index (κ2) is 7.13. The maximum absolute atomic E-state index is 13.6. The van der Waals surface area contributed by atoms with Crippen LogP contribution in [0.15, 0.2) is 36.4 Å². The molecule has 1 fully saturated rings. The van der Waals surface area contributed by atoms with E-state index in [0.29, 0.717) is 12.8 Å². The Balaban J connectivity index is 1.52. The van der Waals surface area contributed by atoms with Gasteiger partial charge in [0.15, 0.2) is 17.3 Å². The van der Waals surface area contributed by atoms with Crippen LogP contribution in [0.25, 0.3) is 10.9 Å². The number of fused-ring (bicyclic) bond motifs is 1. The van der Waals surface area contributed by atoms with Gasteiger partial charge in [0, 0.05) is 24.5 Å². The zero-order valence-corrected chi connectivity index (χ0v) is 15.1. The smallest absolute Gasteiger partial charge is 0.337 e. The van der Waals surface area contributed by atoms with Crippen LogP contribution in [-0.2, 0) is 6.18 Å². The van der Waals surface area contributed by atoms with Gasteiger partial charge in [0.25, 0.3) is 5.91 Å². The number of benzene rings is 2. The van der Waals surface area contributed by atoms with Crippen molar-refractivity contribution < 1.29 is 26.7 Å². The Morgan fingerprint density at radius 1 is 1.07 bits per heavy atom. The van der Waals surface area contributed by atoms with Crippen LogP contribution in [0.1, 0.15) is 40.4 Å². The van der Waals surface area contributed by atoms with E-state index in [1.54, 1.807) is 6.07 Å². The average molecular weight is 409 g/mol. The van der Waals surface area contributed by atoms with E-state index < -0.39 is 29.3 Å². The van der Waals surface area contributed by atoms with Crippen molar-refractivity contribution in [1.29, 1.82) is 0 Å². The van der Waals surface area contributed by atoms with Crippen LogP contribution in [0.3, 0.4) is 0 Å². The standard InChI is InChI=1S/C20H16F5N3O/c21-15-9-13-17(10-16(15)22)26-27-18(13)19(29)28-7-5-11(6-8-28)12-3-1-2-4-14(12)20(23,24)25/h1-4,9-11H,5-8H2,(H,26,27). The number of hydrogen-bond donors (Lipinski definition) is 1. The normalized spacial score (nSPS) is 15.8. The van der Waals surface area contributed by atoms with Gasteiger partial charge in [0.05, 0.1) is 11.1 Å². The topological polar surface area (TPSA) is 49.0 Å². The fraction of sp³-hybridized carbons (Fsp3) is 0.300. The molecule has 0 aliphatic carbocycles. The van der Waals surface area contributed by atoms with Crippen molar-refractivity contribution in [3.05, 3.63) is 64.9 Å². The van der Waals surface area contributed by atoms with E-state index >= 15 is 0 Å². The average Bonchev–Trinajstić information content (AvgIpc) is 3.10. The van der Waals surface area contributed by atoms with Crippen molar-refractivity contribution in [2.24, 2.45) is 0 Å². The molecule has 1 amide bonds. The molecule has 4 rings (SSSR count). The molecule has 0 bridgehead atoms.